The Morgan fingerprint density at radius 3 is 2.18 bits per heavy atom. The first-order valence-electron chi connectivity index (χ1n) is 11.5. The molecule has 1 aliphatic carbocycles. The van der Waals surface area contributed by atoms with Gasteiger partial charge in [0, 0.05) is 31.4 Å². The number of likely N-dealkylation sites (tertiary alicyclic amines) is 1. The van der Waals surface area contributed by atoms with Gasteiger partial charge < -0.3 is 16.8 Å². The van der Waals surface area contributed by atoms with Crippen molar-refractivity contribution in [3.8, 4) is 0 Å². The normalized spacial score (nSPS) is 29.8. The van der Waals surface area contributed by atoms with E-state index in [4.69, 9.17) is 11.5 Å². The Morgan fingerprint density at radius 1 is 1.06 bits per heavy atom. The number of amides is 1. The van der Waals surface area contributed by atoms with Gasteiger partial charge in [-0.2, -0.15) is 13.2 Å². The second-order valence-corrected chi connectivity index (χ2v) is 9.59. The van der Waals surface area contributed by atoms with Crippen molar-refractivity contribution >= 4 is 17.4 Å². The number of carbonyl (C=O) groups is 1. The molecule has 0 spiro atoms. The van der Waals surface area contributed by atoms with Crippen molar-refractivity contribution in [2.75, 3.05) is 13.1 Å². The second kappa shape index (κ2) is 10.2. The van der Waals surface area contributed by atoms with Crippen molar-refractivity contribution in [3.63, 3.8) is 0 Å². The highest BCUT2D eigenvalue weighted by molar-refractivity contribution is 6.20. The van der Waals surface area contributed by atoms with Gasteiger partial charge in [0.25, 0.3) is 5.91 Å². The molecule has 3 unspecified atom stereocenters. The smallest absolute Gasteiger partial charge is 0.387 e. The number of alkyl halides is 3. The van der Waals surface area contributed by atoms with Crippen LogP contribution in [0.3, 0.4) is 0 Å². The molecule has 1 aliphatic heterocycles. The molecule has 0 radical (unpaired) electrons. The Morgan fingerprint density at radius 2 is 1.67 bits per heavy atom. The standard InChI is InChI=1S/C24H34F3N5O/c1-14-10-19(32-12-15(2)16(3)13-32)8-9-21(14)30-11-20(23(29)33)22(28)31-18-6-4-17(5-7-18)24(25,26)27/h4-7,11,14-16,19,21,30H,8-10,12-13H2,1-3H3,(H2,28,31)(H2,29,33)/b20-11+/t14?,15-,16?,19+,21?/m1/s1. The van der Waals surface area contributed by atoms with E-state index in [1.165, 1.54) is 18.3 Å². The van der Waals surface area contributed by atoms with Crippen LogP contribution < -0.4 is 16.8 Å². The number of aliphatic imine (C=N–C) groups is 1. The first-order valence-corrected chi connectivity index (χ1v) is 11.5. The third-order valence-corrected chi connectivity index (χ3v) is 7.10. The summed E-state index contributed by atoms with van der Waals surface area (Å²) in [5, 5.41) is 3.29. The summed E-state index contributed by atoms with van der Waals surface area (Å²) in [4.78, 5) is 18.6. The molecule has 1 aromatic rings. The van der Waals surface area contributed by atoms with Crippen molar-refractivity contribution in [1.29, 1.82) is 0 Å². The maximum Gasteiger partial charge on any atom is 0.416 e. The molecule has 0 aromatic heterocycles. The van der Waals surface area contributed by atoms with Gasteiger partial charge >= 0.3 is 6.18 Å². The molecule has 1 saturated heterocycles. The van der Waals surface area contributed by atoms with Crippen LogP contribution in [-0.2, 0) is 11.0 Å². The van der Waals surface area contributed by atoms with E-state index in [0.717, 1.165) is 56.3 Å². The van der Waals surface area contributed by atoms with Crippen LogP contribution in [0.4, 0.5) is 18.9 Å². The van der Waals surface area contributed by atoms with Crippen LogP contribution in [0.1, 0.15) is 45.6 Å². The maximum absolute atomic E-state index is 12.7. The van der Waals surface area contributed by atoms with Crippen molar-refractivity contribution < 1.29 is 18.0 Å². The highest BCUT2D eigenvalue weighted by atomic mass is 19.4. The summed E-state index contributed by atoms with van der Waals surface area (Å²) in [6.45, 7) is 9.13. The topological polar surface area (TPSA) is 96.7 Å². The number of amidine groups is 1. The molecule has 6 nitrogen and oxygen atoms in total. The predicted molar refractivity (Wildman–Crippen MR) is 124 cm³/mol. The molecule has 182 valence electrons. The lowest BCUT2D eigenvalue weighted by Crippen LogP contribution is -2.45. The minimum atomic E-state index is -4.43. The quantitative estimate of drug-likeness (QED) is 0.338. The van der Waals surface area contributed by atoms with E-state index in [0.29, 0.717) is 12.0 Å². The van der Waals surface area contributed by atoms with Crippen LogP contribution in [0.5, 0.6) is 0 Å². The molecule has 9 heteroatoms. The van der Waals surface area contributed by atoms with E-state index >= 15 is 0 Å². The molecule has 3 rings (SSSR count). The van der Waals surface area contributed by atoms with Crippen LogP contribution in [0, 0.1) is 17.8 Å². The number of nitrogens with two attached hydrogens (primary N) is 2. The summed E-state index contributed by atoms with van der Waals surface area (Å²) < 4.78 is 38.2. The molecule has 1 saturated carbocycles. The summed E-state index contributed by atoms with van der Waals surface area (Å²) in [5.41, 5.74) is 10.9. The van der Waals surface area contributed by atoms with Gasteiger partial charge in [-0.25, -0.2) is 4.99 Å². The number of benzene rings is 1. The fourth-order valence-electron chi connectivity index (χ4n) is 4.81. The molecular weight excluding hydrogens is 431 g/mol. The fourth-order valence-corrected chi connectivity index (χ4v) is 4.81. The number of nitrogens with one attached hydrogen (secondary N) is 1. The van der Waals surface area contributed by atoms with Crippen LogP contribution in [0.2, 0.25) is 0 Å². The van der Waals surface area contributed by atoms with Gasteiger partial charge in [-0.1, -0.05) is 20.8 Å². The number of nitrogens with zero attached hydrogens (tertiary/aromatic N) is 2. The highest BCUT2D eigenvalue weighted by Crippen LogP contribution is 2.33. The Balaban J connectivity index is 1.64. The first kappa shape index (κ1) is 25.1. The Hall–Kier alpha value is -2.55. The number of carbonyl (C=O) groups excluding carboxylic acids is 1. The van der Waals surface area contributed by atoms with Crippen LogP contribution >= 0.6 is 0 Å². The van der Waals surface area contributed by atoms with E-state index in [9.17, 15) is 18.0 Å². The molecule has 1 amide bonds. The predicted octanol–water partition coefficient (Wildman–Crippen LogP) is 3.80. The first-order chi connectivity index (χ1) is 15.5. The average molecular weight is 466 g/mol. The average Bonchev–Trinajstić information content (AvgIpc) is 3.07. The summed E-state index contributed by atoms with van der Waals surface area (Å²) in [6, 6.07) is 4.99. The molecule has 2 fully saturated rings. The summed E-state index contributed by atoms with van der Waals surface area (Å²) >= 11 is 0. The molecule has 5 N–H and O–H groups in total. The zero-order valence-electron chi connectivity index (χ0n) is 19.4. The molecule has 5 atom stereocenters. The number of rotatable bonds is 6. The van der Waals surface area contributed by atoms with Crippen molar-refractivity contribution in [3.05, 3.63) is 41.6 Å². The number of halogens is 3. The Kier molecular flexibility index (Phi) is 7.72. The van der Waals surface area contributed by atoms with Crippen molar-refractivity contribution in [2.24, 2.45) is 34.2 Å². The maximum atomic E-state index is 12.7. The number of primary amides is 1. The van der Waals surface area contributed by atoms with Crippen LogP contribution in [0.15, 0.2) is 41.0 Å². The van der Waals surface area contributed by atoms with E-state index in [-0.39, 0.29) is 23.1 Å². The molecule has 1 aromatic carbocycles. The van der Waals surface area contributed by atoms with Gasteiger partial charge in [-0.15, -0.1) is 0 Å². The van der Waals surface area contributed by atoms with E-state index in [1.54, 1.807) is 0 Å². The minimum absolute atomic E-state index is 0.00594. The van der Waals surface area contributed by atoms with Gasteiger partial charge in [0.2, 0.25) is 0 Å². The number of hydrogen-bond donors (Lipinski definition) is 3. The van der Waals surface area contributed by atoms with E-state index in [2.05, 4.69) is 36.0 Å². The lowest BCUT2D eigenvalue weighted by molar-refractivity contribution is -0.137. The highest BCUT2D eigenvalue weighted by Gasteiger charge is 2.35. The Labute approximate surface area is 193 Å². The summed E-state index contributed by atoms with van der Waals surface area (Å²) in [5.74, 6) is 0.954. The molecular formula is C24H34F3N5O. The largest absolute Gasteiger partial charge is 0.416 e. The number of hydrogen-bond acceptors (Lipinski definition) is 4. The van der Waals surface area contributed by atoms with Crippen LogP contribution in [-0.4, -0.2) is 41.8 Å². The van der Waals surface area contributed by atoms with Gasteiger partial charge in [-0.05, 0) is 61.3 Å². The summed E-state index contributed by atoms with van der Waals surface area (Å²) in [7, 11) is 0. The fraction of sp³-hybridized carbons (Fsp3) is 0.583. The summed E-state index contributed by atoms with van der Waals surface area (Å²) in [6.07, 6.45) is 0.176. The lowest BCUT2D eigenvalue weighted by Gasteiger charge is -2.39. The van der Waals surface area contributed by atoms with Gasteiger partial charge in [0.1, 0.15) is 5.84 Å². The zero-order chi connectivity index (χ0) is 24.3. The van der Waals surface area contributed by atoms with Gasteiger partial charge in [0.05, 0.1) is 16.8 Å². The van der Waals surface area contributed by atoms with Crippen molar-refractivity contribution in [1.82, 2.24) is 10.2 Å². The Bertz CT molecular complexity index is 886. The zero-order valence-corrected chi connectivity index (χ0v) is 19.4. The third-order valence-electron chi connectivity index (χ3n) is 7.10. The van der Waals surface area contributed by atoms with Crippen molar-refractivity contribution in [2.45, 2.75) is 58.3 Å². The monoisotopic (exact) mass is 465 g/mol. The van der Waals surface area contributed by atoms with Gasteiger partial charge in [-0.3, -0.25) is 9.69 Å². The third kappa shape index (κ3) is 6.28. The van der Waals surface area contributed by atoms with E-state index in [1.807, 2.05) is 0 Å². The molecule has 2 aliphatic rings. The second-order valence-electron chi connectivity index (χ2n) is 9.59. The molecule has 33 heavy (non-hydrogen) atoms. The minimum Gasteiger partial charge on any atom is -0.387 e. The lowest BCUT2D eigenvalue weighted by atomic mass is 9.82. The van der Waals surface area contributed by atoms with Crippen LogP contribution in [0.25, 0.3) is 0 Å². The SMILES string of the molecule is CC1C[C@@H](N2CC(C)[C@H](C)C2)CCC1N/C=C(/C(N)=O)C(N)=Nc1ccc(C(F)(F)F)cc1. The van der Waals surface area contributed by atoms with Gasteiger partial charge in [0.15, 0.2) is 0 Å². The molecule has 0 bridgehead atoms. The molecule has 1 heterocycles. The van der Waals surface area contributed by atoms with E-state index < -0.39 is 17.6 Å².